The molecule has 6 aromatic heterocycles. The van der Waals surface area contributed by atoms with Gasteiger partial charge in [0.25, 0.3) is 0 Å². The second-order valence-electron chi connectivity index (χ2n) is 12.9. The van der Waals surface area contributed by atoms with E-state index in [-0.39, 0.29) is 0 Å². The van der Waals surface area contributed by atoms with Gasteiger partial charge < -0.3 is 0 Å². The maximum absolute atomic E-state index is 4.67. The average Bonchev–Trinajstić information content (AvgIpc) is 3.27. The molecule has 54 heavy (non-hydrogen) atoms. The van der Waals surface area contributed by atoms with Crippen LogP contribution in [-0.2, 0) is 0 Å². The summed E-state index contributed by atoms with van der Waals surface area (Å²) in [5, 5.41) is 0. The van der Waals surface area contributed by atoms with Crippen molar-refractivity contribution in [2.24, 2.45) is 0 Å². The Balaban J connectivity index is 1.02. The molecule has 6 heteroatoms. The van der Waals surface area contributed by atoms with E-state index >= 15 is 0 Å². The lowest BCUT2D eigenvalue weighted by Gasteiger charge is -2.13. The zero-order chi connectivity index (χ0) is 36.1. The molecule has 0 radical (unpaired) electrons. The first-order chi connectivity index (χ1) is 26.7. The highest BCUT2D eigenvalue weighted by Crippen LogP contribution is 2.37. The Hall–Kier alpha value is -7.44. The van der Waals surface area contributed by atoms with Gasteiger partial charge in [-0.1, -0.05) is 72.8 Å². The number of rotatable bonds is 8. The maximum Gasteiger partial charge on any atom is 0.0724 e. The second kappa shape index (κ2) is 14.7. The van der Waals surface area contributed by atoms with Gasteiger partial charge in [0.15, 0.2) is 0 Å². The number of pyridine rings is 6. The average molecular weight is 693 g/mol. The minimum Gasteiger partial charge on any atom is -0.263 e. The SMILES string of the molecule is c1ccc(-c2ccnc(-c3cncc(-c4cccc(-c5ccccc5-c5cccc(-c6cncc(-c7cc(-c8ccccn8)ccn7)c6)c5)c4)c3)c2)nc1. The van der Waals surface area contributed by atoms with Gasteiger partial charge >= 0.3 is 0 Å². The topological polar surface area (TPSA) is 77.3 Å². The summed E-state index contributed by atoms with van der Waals surface area (Å²) >= 11 is 0. The van der Waals surface area contributed by atoms with Crippen molar-refractivity contribution in [2.45, 2.75) is 0 Å². The van der Waals surface area contributed by atoms with Crippen LogP contribution in [0.15, 0.2) is 195 Å². The summed E-state index contributed by atoms with van der Waals surface area (Å²) in [7, 11) is 0. The standard InChI is InChI=1S/C48H32N6/c1-2-14-44(36-12-8-10-34(24-36)40-26-42(32-50-30-40)48-28-38(18-22-54-48)46-16-4-6-20-52-46)43(13-1)35-11-7-9-33(23-35)39-25-41(31-49-29-39)47-27-37(17-21-53-47)45-15-3-5-19-51-45/h1-32H. The fraction of sp³-hybridized carbons (Fsp3) is 0. The Labute approximate surface area is 313 Å². The monoisotopic (exact) mass is 692 g/mol. The van der Waals surface area contributed by atoms with Gasteiger partial charge in [-0.15, -0.1) is 0 Å². The second-order valence-corrected chi connectivity index (χ2v) is 12.9. The summed E-state index contributed by atoms with van der Waals surface area (Å²) < 4.78 is 0. The highest BCUT2D eigenvalue weighted by Gasteiger charge is 2.12. The lowest BCUT2D eigenvalue weighted by Crippen LogP contribution is -1.90. The first-order valence-corrected chi connectivity index (χ1v) is 17.7. The minimum absolute atomic E-state index is 0.851. The fourth-order valence-electron chi connectivity index (χ4n) is 6.76. The Morgan fingerprint density at radius 3 is 1.11 bits per heavy atom. The molecule has 6 heterocycles. The lowest BCUT2D eigenvalue weighted by atomic mass is 9.91. The first-order valence-electron chi connectivity index (χ1n) is 17.7. The van der Waals surface area contributed by atoms with E-state index in [4.69, 9.17) is 0 Å². The van der Waals surface area contributed by atoms with Crippen molar-refractivity contribution in [3.8, 4) is 89.5 Å². The molecule has 0 N–H and O–H groups in total. The Morgan fingerprint density at radius 1 is 0.241 bits per heavy atom. The summed E-state index contributed by atoms with van der Waals surface area (Å²) in [5.41, 5.74) is 16.2. The predicted octanol–water partition coefficient (Wildman–Crippen LogP) is 11.4. The van der Waals surface area contributed by atoms with Crippen molar-refractivity contribution < 1.29 is 0 Å². The molecule has 3 aromatic carbocycles. The zero-order valence-corrected chi connectivity index (χ0v) is 29.2. The molecule has 9 rings (SSSR count). The van der Waals surface area contributed by atoms with Gasteiger partial charge in [0.05, 0.1) is 22.8 Å². The van der Waals surface area contributed by atoms with E-state index < -0.39 is 0 Å². The maximum atomic E-state index is 4.67. The highest BCUT2D eigenvalue weighted by molar-refractivity contribution is 5.87. The molecular formula is C48H32N6. The van der Waals surface area contributed by atoms with E-state index in [9.17, 15) is 0 Å². The summed E-state index contributed by atoms with van der Waals surface area (Å²) in [6, 6.07) is 50.1. The van der Waals surface area contributed by atoms with Gasteiger partial charge in [-0.2, -0.15) is 0 Å². The normalized spacial score (nSPS) is 11.0. The summed E-state index contributed by atoms with van der Waals surface area (Å²) in [6.07, 6.45) is 14.8. The largest absolute Gasteiger partial charge is 0.263 e. The van der Waals surface area contributed by atoms with Gasteiger partial charge in [-0.05, 0) is 106 Å². The van der Waals surface area contributed by atoms with Crippen LogP contribution in [0.5, 0.6) is 0 Å². The third kappa shape index (κ3) is 6.79. The minimum atomic E-state index is 0.851. The molecule has 9 aromatic rings. The van der Waals surface area contributed by atoms with Gasteiger partial charge in [0, 0.05) is 83.0 Å². The number of aromatic nitrogens is 6. The van der Waals surface area contributed by atoms with Crippen LogP contribution in [0.4, 0.5) is 0 Å². The molecule has 0 saturated heterocycles. The van der Waals surface area contributed by atoms with Gasteiger partial charge in [-0.3, -0.25) is 29.9 Å². The van der Waals surface area contributed by atoms with E-state index in [0.29, 0.717) is 0 Å². The van der Waals surface area contributed by atoms with Crippen molar-refractivity contribution in [3.05, 3.63) is 195 Å². The van der Waals surface area contributed by atoms with Gasteiger partial charge in [-0.25, -0.2) is 0 Å². The van der Waals surface area contributed by atoms with Crippen molar-refractivity contribution in [2.75, 3.05) is 0 Å². The van der Waals surface area contributed by atoms with Crippen molar-refractivity contribution in [1.82, 2.24) is 29.9 Å². The molecule has 0 spiro atoms. The van der Waals surface area contributed by atoms with Crippen LogP contribution in [0.25, 0.3) is 89.5 Å². The quantitative estimate of drug-likeness (QED) is 0.158. The number of hydrogen-bond acceptors (Lipinski definition) is 6. The molecule has 0 fully saturated rings. The third-order valence-corrected chi connectivity index (χ3v) is 9.45. The summed E-state index contributed by atoms with van der Waals surface area (Å²) in [6.45, 7) is 0. The summed E-state index contributed by atoms with van der Waals surface area (Å²) in [5.74, 6) is 0. The molecule has 0 aliphatic rings. The van der Waals surface area contributed by atoms with E-state index in [1.807, 2.05) is 85.7 Å². The Kier molecular flexibility index (Phi) is 8.81. The van der Waals surface area contributed by atoms with Crippen LogP contribution in [0.3, 0.4) is 0 Å². The van der Waals surface area contributed by atoms with Crippen LogP contribution in [0.1, 0.15) is 0 Å². The Morgan fingerprint density at radius 2 is 0.648 bits per heavy atom. The summed E-state index contributed by atoms with van der Waals surface area (Å²) in [4.78, 5) is 27.6. The molecule has 0 aliphatic heterocycles. The van der Waals surface area contributed by atoms with Gasteiger partial charge in [0.1, 0.15) is 0 Å². The first kappa shape index (κ1) is 32.5. The molecule has 0 amide bonds. The van der Waals surface area contributed by atoms with Crippen molar-refractivity contribution >= 4 is 0 Å². The molecule has 0 saturated carbocycles. The predicted molar refractivity (Wildman–Crippen MR) is 217 cm³/mol. The smallest absolute Gasteiger partial charge is 0.0724 e. The number of benzene rings is 3. The van der Waals surface area contributed by atoms with Crippen LogP contribution in [-0.4, -0.2) is 29.9 Å². The van der Waals surface area contributed by atoms with Crippen LogP contribution in [0, 0.1) is 0 Å². The number of nitrogens with zero attached hydrogens (tertiary/aromatic N) is 6. The molecule has 0 aliphatic carbocycles. The fourth-order valence-corrected chi connectivity index (χ4v) is 6.76. The highest BCUT2D eigenvalue weighted by atomic mass is 14.7. The molecular weight excluding hydrogens is 661 g/mol. The third-order valence-electron chi connectivity index (χ3n) is 9.45. The van der Waals surface area contributed by atoms with E-state index in [1.165, 1.54) is 0 Å². The van der Waals surface area contributed by atoms with Crippen molar-refractivity contribution in [3.63, 3.8) is 0 Å². The Bertz CT molecular complexity index is 2540. The zero-order valence-electron chi connectivity index (χ0n) is 29.2. The van der Waals surface area contributed by atoms with Gasteiger partial charge in [0.2, 0.25) is 0 Å². The lowest BCUT2D eigenvalue weighted by molar-refractivity contribution is 1.26. The van der Waals surface area contributed by atoms with Crippen LogP contribution >= 0.6 is 0 Å². The van der Waals surface area contributed by atoms with E-state index in [2.05, 4.69) is 127 Å². The molecule has 254 valence electrons. The molecule has 0 unspecified atom stereocenters. The number of hydrogen-bond donors (Lipinski definition) is 0. The van der Waals surface area contributed by atoms with E-state index in [0.717, 1.165) is 89.5 Å². The molecule has 0 bridgehead atoms. The molecule has 6 nitrogen and oxygen atoms in total. The van der Waals surface area contributed by atoms with E-state index in [1.54, 1.807) is 12.4 Å². The van der Waals surface area contributed by atoms with Crippen molar-refractivity contribution in [1.29, 1.82) is 0 Å². The van der Waals surface area contributed by atoms with Crippen LogP contribution < -0.4 is 0 Å². The molecule has 0 atom stereocenters. The van der Waals surface area contributed by atoms with Crippen LogP contribution in [0.2, 0.25) is 0 Å².